The first-order valence-corrected chi connectivity index (χ1v) is 8.49. The summed E-state index contributed by atoms with van der Waals surface area (Å²) in [5.74, 6) is 1.93. The molecule has 1 nitrogen and oxygen atoms in total. The zero-order valence-electron chi connectivity index (χ0n) is 12.8. The maximum atomic E-state index is 3.63. The Morgan fingerprint density at radius 3 is 2.33 bits per heavy atom. The molecule has 1 fully saturated rings. The van der Waals surface area contributed by atoms with Crippen molar-refractivity contribution in [2.75, 3.05) is 13.1 Å². The van der Waals surface area contributed by atoms with E-state index in [2.05, 4.69) is 19.2 Å². The van der Waals surface area contributed by atoms with E-state index in [0.29, 0.717) is 0 Å². The Bertz CT molecular complexity index is 170. The van der Waals surface area contributed by atoms with Crippen molar-refractivity contribution >= 4 is 0 Å². The van der Waals surface area contributed by atoms with Gasteiger partial charge in [0.05, 0.1) is 0 Å². The van der Waals surface area contributed by atoms with Crippen LogP contribution in [0.2, 0.25) is 0 Å². The molecule has 1 N–H and O–H groups in total. The Labute approximate surface area is 115 Å². The molecule has 1 heteroatoms. The highest BCUT2D eigenvalue weighted by Gasteiger charge is 2.12. The van der Waals surface area contributed by atoms with Crippen LogP contribution in [-0.4, -0.2) is 13.1 Å². The van der Waals surface area contributed by atoms with Gasteiger partial charge in [-0.25, -0.2) is 0 Å². The van der Waals surface area contributed by atoms with Crippen molar-refractivity contribution in [1.82, 2.24) is 5.32 Å². The second kappa shape index (κ2) is 10.8. The topological polar surface area (TPSA) is 12.0 Å². The Balaban J connectivity index is 1.75. The molecule has 0 aromatic rings. The molecule has 1 saturated carbocycles. The Morgan fingerprint density at radius 2 is 1.61 bits per heavy atom. The van der Waals surface area contributed by atoms with Gasteiger partial charge in [0.1, 0.15) is 0 Å². The number of hydrogen-bond donors (Lipinski definition) is 1. The predicted octanol–water partition coefficient (Wildman–Crippen LogP) is 5.15. The van der Waals surface area contributed by atoms with Crippen molar-refractivity contribution in [3.8, 4) is 0 Å². The van der Waals surface area contributed by atoms with E-state index in [4.69, 9.17) is 0 Å². The third kappa shape index (κ3) is 8.97. The minimum absolute atomic E-state index is 0.888. The maximum Gasteiger partial charge on any atom is -0.00463 e. The van der Waals surface area contributed by atoms with Gasteiger partial charge in [0.2, 0.25) is 0 Å². The fourth-order valence-electron chi connectivity index (χ4n) is 3.06. The summed E-state index contributed by atoms with van der Waals surface area (Å²) in [4.78, 5) is 0. The first-order valence-electron chi connectivity index (χ1n) is 8.49. The minimum Gasteiger partial charge on any atom is -0.317 e. The van der Waals surface area contributed by atoms with Gasteiger partial charge in [-0.05, 0) is 37.8 Å². The molecule has 0 atom stereocenters. The number of rotatable bonds is 10. The average Bonchev–Trinajstić information content (AvgIpc) is 2.37. The smallest absolute Gasteiger partial charge is 0.00463 e. The molecule has 108 valence electrons. The Hall–Kier alpha value is -0.0400. The monoisotopic (exact) mass is 253 g/mol. The summed E-state index contributed by atoms with van der Waals surface area (Å²) >= 11 is 0. The molecule has 0 bridgehead atoms. The minimum atomic E-state index is 0.888. The highest BCUT2D eigenvalue weighted by Crippen LogP contribution is 2.25. The highest BCUT2D eigenvalue weighted by atomic mass is 14.8. The van der Waals surface area contributed by atoms with Crippen LogP contribution in [0.3, 0.4) is 0 Å². The van der Waals surface area contributed by atoms with Crippen LogP contribution in [0.4, 0.5) is 0 Å². The van der Waals surface area contributed by atoms with Gasteiger partial charge in [0.15, 0.2) is 0 Å². The van der Waals surface area contributed by atoms with Crippen molar-refractivity contribution in [1.29, 1.82) is 0 Å². The zero-order valence-corrected chi connectivity index (χ0v) is 12.8. The van der Waals surface area contributed by atoms with Gasteiger partial charge in [-0.3, -0.25) is 0 Å². The van der Waals surface area contributed by atoms with Crippen LogP contribution in [0.25, 0.3) is 0 Å². The van der Waals surface area contributed by atoms with Gasteiger partial charge in [0.25, 0.3) is 0 Å². The van der Waals surface area contributed by atoms with Crippen molar-refractivity contribution in [3.05, 3.63) is 0 Å². The van der Waals surface area contributed by atoms with E-state index in [1.54, 1.807) is 0 Å². The fourth-order valence-corrected chi connectivity index (χ4v) is 3.06. The van der Waals surface area contributed by atoms with Gasteiger partial charge in [0, 0.05) is 0 Å². The SMILES string of the molecule is CC(C)CCCCCCNCCC1CCCCC1. The predicted molar refractivity (Wildman–Crippen MR) is 82.0 cm³/mol. The molecular formula is C17H35N. The molecule has 0 spiro atoms. The molecule has 0 amide bonds. The van der Waals surface area contributed by atoms with E-state index in [1.807, 2.05) is 0 Å². The van der Waals surface area contributed by atoms with E-state index < -0.39 is 0 Å². The fraction of sp³-hybridized carbons (Fsp3) is 1.00. The summed E-state index contributed by atoms with van der Waals surface area (Å²) in [6.07, 6.45) is 16.0. The van der Waals surface area contributed by atoms with Crippen LogP contribution < -0.4 is 5.32 Å². The van der Waals surface area contributed by atoms with Gasteiger partial charge in [-0.1, -0.05) is 71.6 Å². The van der Waals surface area contributed by atoms with Crippen LogP contribution in [0.5, 0.6) is 0 Å². The molecule has 1 aliphatic rings. The van der Waals surface area contributed by atoms with E-state index in [0.717, 1.165) is 11.8 Å². The van der Waals surface area contributed by atoms with Gasteiger partial charge < -0.3 is 5.32 Å². The Morgan fingerprint density at radius 1 is 0.889 bits per heavy atom. The molecular weight excluding hydrogens is 218 g/mol. The maximum absolute atomic E-state index is 3.63. The number of nitrogens with one attached hydrogen (secondary N) is 1. The lowest BCUT2D eigenvalue weighted by atomic mass is 9.87. The highest BCUT2D eigenvalue weighted by molar-refractivity contribution is 4.66. The van der Waals surface area contributed by atoms with Crippen molar-refractivity contribution in [2.45, 2.75) is 84.5 Å². The summed E-state index contributed by atoms with van der Waals surface area (Å²) in [6.45, 7) is 7.16. The molecule has 1 rings (SSSR count). The lowest BCUT2D eigenvalue weighted by Crippen LogP contribution is -2.20. The second-order valence-electron chi connectivity index (χ2n) is 6.64. The zero-order chi connectivity index (χ0) is 13.1. The molecule has 1 aliphatic carbocycles. The van der Waals surface area contributed by atoms with Crippen molar-refractivity contribution in [3.63, 3.8) is 0 Å². The number of unbranched alkanes of at least 4 members (excludes halogenated alkanes) is 3. The molecule has 0 aromatic carbocycles. The largest absolute Gasteiger partial charge is 0.317 e. The second-order valence-corrected chi connectivity index (χ2v) is 6.64. The van der Waals surface area contributed by atoms with Crippen LogP contribution in [0.1, 0.15) is 84.5 Å². The van der Waals surface area contributed by atoms with Crippen LogP contribution in [0, 0.1) is 11.8 Å². The van der Waals surface area contributed by atoms with Crippen molar-refractivity contribution in [2.24, 2.45) is 11.8 Å². The molecule has 0 radical (unpaired) electrons. The van der Waals surface area contributed by atoms with E-state index in [1.165, 1.54) is 83.7 Å². The summed E-state index contributed by atoms with van der Waals surface area (Å²) in [7, 11) is 0. The lowest BCUT2D eigenvalue weighted by Gasteiger charge is -2.21. The molecule has 18 heavy (non-hydrogen) atoms. The van der Waals surface area contributed by atoms with Gasteiger partial charge in [-0.2, -0.15) is 0 Å². The average molecular weight is 253 g/mol. The summed E-state index contributed by atoms with van der Waals surface area (Å²) < 4.78 is 0. The first kappa shape index (κ1) is 16.0. The standard InChI is InChI=1S/C17H35N/c1-16(2)10-6-3-4-9-14-18-15-13-17-11-7-5-8-12-17/h16-18H,3-15H2,1-2H3. The Kier molecular flexibility index (Phi) is 9.65. The lowest BCUT2D eigenvalue weighted by molar-refractivity contribution is 0.333. The van der Waals surface area contributed by atoms with Gasteiger partial charge >= 0.3 is 0 Å². The summed E-state index contributed by atoms with van der Waals surface area (Å²) in [5.41, 5.74) is 0. The van der Waals surface area contributed by atoms with E-state index in [-0.39, 0.29) is 0 Å². The third-order valence-electron chi connectivity index (χ3n) is 4.34. The summed E-state index contributed by atoms with van der Waals surface area (Å²) in [5, 5.41) is 3.63. The third-order valence-corrected chi connectivity index (χ3v) is 4.34. The normalized spacial score (nSPS) is 17.5. The van der Waals surface area contributed by atoms with Gasteiger partial charge in [-0.15, -0.1) is 0 Å². The van der Waals surface area contributed by atoms with E-state index >= 15 is 0 Å². The molecule has 0 saturated heterocycles. The van der Waals surface area contributed by atoms with Crippen molar-refractivity contribution < 1.29 is 0 Å². The molecule has 0 unspecified atom stereocenters. The quantitative estimate of drug-likeness (QED) is 0.531. The first-order chi connectivity index (χ1) is 8.79. The molecule has 0 aromatic heterocycles. The van der Waals surface area contributed by atoms with Crippen LogP contribution >= 0.6 is 0 Å². The summed E-state index contributed by atoms with van der Waals surface area (Å²) in [6, 6.07) is 0. The molecule has 0 aliphatic heterocycles. The van der Waals surface area contributed by atoms with Crippen LogP contribution in [0.15, 0.2) is 0 Å². The van der Waals surface area contributed by atoms with Crippen LogP contribution in [-0.2, 0) is 0 Å². The molecule has 0 heterocycles. The van der Waals surface area contributed by atoms with E-state index in [9.17, 15) is 0 Å². The number of hydrogen-bond acceptors (Lipinski definition) is 1.